The van der Waals surface area contributed by atoms with E-state index in [1.165, 1.54) is 18.9 Å². The molecule has 1 aliphatic rings. The van der Waals surface area contributed by atoms with Crippen LogP contribution in [0.1, 0.15) is 6.42 Å². The summed E-state index contributed by atoms with van der Waals surface area (Å²) in [5.41, 5.74) is -1.08. The van der Waals surface area contributed by atoms with Gasteiger partial charge in [-0.05, 0) is 12.2 Å². The highest BCUT2D eigenvalue weighted by Gasteiger charge is 2.43. The fourth-order valence-corrected chi connectivity index (χ4v) is 2.65. The fraction of sp³-hybridized carbons (Fsp3) is 0.750. The van der Waals surface area contributed by atoms with E-state index in [1.54, 1.807) is 0 Å². The summed E-state index contributed by atoms with van der Waals surface area (Å²) in [6, 6.07) is 0. The zero-order valence-electron chi connectivity index (χ0n) is 7.91. The normalized spacial score (nSPS) is 26.1. The van der Waals surface area contributed by atoms with Gasteiger partial charge in [0.2, 0.25) is 5.91 Å². The standard InChI is InChI=1S/C8H13NO4S/c1-13-4-6(10)9-8(7(11)12)2-3-14-5-8/h2-5H2,1H3,(H,9,10)(H,11,12). The van der Waals surface area contributed by atoms with E-state index in [0.717, 1.165) is 5.75 Å². The van der Waals surface area contributed by atoms with Crippen LogP contribution in [-0.2, 0) is 14.3 Å². The minimum atomic E-state index is -1.08. The molecule has 1 heterocycles. The molecule has 1 saturated heterocycles. The first-order valence-electron chi connectivity index (χ1n) is 4.22. The van der Waals surface area contributed by atoms with Gasteiger partial charge in [0.15, 0.2) is 0 Å². The first-order valence-corrected chi connectivity index (χ1v) is 5.37. The number of hydrogen-bond acceptors (Lipinski definition) is 4. The van der Waals surface area contributed by atoms with E-state index in [2.05, 4.69) is 10.1 Å². The van der Waals surface area contributed by atoms with Crippen molar-refractivity contribution in [3.8, 4) is 0 Å². The van der Waals surface area contributed by atoms with Crippen LogP contribution in [-0.4, -0.2) is 47.7 Å². The number of carboxylic acids is 1. The topological polar surface area (TPSA) is 75.6 Å². The molecule has 6 heteroatoms. The predicted octanol–water partition coefficient (Wildman–Crippen LogP) is -0.291. The van der Waals surface area contributed by atoms with Crippen molar-refractivity contribution in [3.05, 3.63) is 0 Å². The number of hydrogen-bond donors (Lipinski definition) is 2. The third kappa shape index (κ3) is 2.39. The van der Waals surface area contributed by atoms with Gasteiger partial charge in [-0.2, -0.15) is 11.8 Å². The Bertz CT molecular complexity index is 237. The lowest BCUT2D eigenvalue weighted by Crippen LogP contribution is -2.55. The largest absolute Gasteiger partial charge is 0.479 e. The summed E-state index contributed by atoms with van der Waals surface area (Å²) in [6.07, 6.45) is 0.475. The lowest BCUT2D eigenvalue weighted by molar-refractivity contribution is -0.147. The van der Waals surface area contributed by atoms with Gasteiger partial charge in [-0.15, -0.1) is 0 Å². The maximum Gasteiger partial charge on any atom is 0.330 e. The number of thioether (sulfide) groups is 1. The Hall–Kier alpha value is -0.750. The van der Waals surface area contributed by atoms with Crippen LogP contribution in [0.3, 0.4) is 0 Å². The van der Waals surface area contributed by atoms with E-state index in [0.29, 0.717) is 12.2 Å². The van der Waals surface area contributed by atoms with Gasteiger partial charge in [-0.25, -0.2) is 4.79 Å². The molecule has 5 nitrogen and oxygen atoms in total. The molecule has 0 spiro atoms. The maximum absolute atomic E-state index is 11.2. The summed E-state index contributed by atoms with van der Waals surface area (Å²) >= 11 is 1.53. The molecule has 1 unspecified atom stereocenters. The number of carboxylic acid groups (broad SMARTS) is 1. The van der Waals surface area contributed by atoms with E-state index in [1.807, 2.05) is 0 Å². The van der Waals surface area contributed by atoms with Crippen LogP contribution in [0.5, 0.6) is 0 Å². The Labute approximate surface area is 86.2 Å². The van der Waals surface area contributed by atoms with Crippen molar-refractivity contribution in [2.45, 2.75) is 12.0 Å². The molecule has 0 saturated carbocycles. The van der Waals surface area contributed by atoms with Crippen LogP contribution in [0.25, 0.3) is 0 Å². The third-order valence-electron chi connectivity index (χ3n) is 2.09. The second-order valence-corrected chi connectivity index (χ2v) is 4.28. The number of aliphatic carboxylic acids is 1. The maximum atomic E-state index is 11.2. The third-order valence-corrected chi connectivity index (χ3v) is 3.27. The van der Waals surface area contributed by atoms with Crippen LogP contribution in [0.4, 0.5) is 0 Å². The Kier molecular flexibility index (Phi) is 3.77. The lowest BCUT2D eigenvalue weighted by atomic mass is 9.99. The molecule has 80 valence electrons. The Morgan fingerprint density at radius 3 is 2.79 bits per heavy atom. The molecular formula is C8H13NO4S. The van der Waals surface area contributed by atoms with Gasteiger partial charge in [0.1, 0.15) is 12.1 Å². The number of carbonyl (C=O) groups is 2. The van der Waals surface area contributed by atoms with Crippen LogP contribution in [0, 0.1) is 0 Å². The monoisotopic (exact) mass is 219 g/mol. The molecule has 0 radical (unpaired) electrons. The second-order valence-electron chi connectivity index (χ2n) is 3.17. The van der Waals surface area contributed by atoms with Crippen molar-refractivity contribution in [2.75, 3.05) is 25.2 Å². The highest BCUT2D eigenvalue weighted by atomic mass is 32.2. The summed E-state index contributed by atoms with van der Waals surface area (Å²) < 4.78 is 4.63. The number of ether oxygens (including phenoxy) is 1. The van der Waals surface area contributed by atoms with E-state index < -0.39 is 11.5 Å². The highest BCUT2D eigenvalue weighted by molar-refractivity contribution is 7.99. The van der Waals surface area contributed by atoms with Crippen LogP contribution in [0.2, 0.25) is 0 Å². The van der Waals surface area contributed by atoms with Crippen molar-refractivity contribution in [2.24, 2.45) is 0 Å². The van der Waals surface area contributed by atoms with Crippen molar-refractivity contribution in [1.82, 2.24) is 5.32 Å². The van der Waals surface area contributed by atoms with Gasteiger partial charge in [-0.1, -0.05) is 0 Å². The van der Waals surface area contributed by atoms with Crippen molar-refractivity contribution in [1.29, 1.82) is 0 Å². The summed E-state index contributed by atoms with van der Waals surface area (Å²) in [5.74, 6) is -0.151. The quantitative estimate of drug-likeness (QED) is 0.679. The van der Waals surface area contributed by atoms with Gasteiger partial charge in [0.25, 0.3) is 0 Å². The number of methoxy groups -OCH3 is 1. The SMILES string of the molecule is COCC(=O)NC1(C(=O)O)CCSC1. The number of carbonyl (C=O) groups excluding carboxylic acids is 1. The molecule has 0 aliphatic carbocycles. The molecule has 1 aliphatic heterocycles. The van der Waals surface area contributed by atoms with E-state index >= 15 is 0 Å². The molecule has 0 aromatic carbocycles. The molecule has 2 N–H and O–H groups in total. The van der Waals surface area contributed by atoms with Gasteiger partial charge < -0.3 is 15.2 Å². The van der Waals surface area contributed by atoms with E-state index in [9.17, 15) is 9.59 Å². The Morgan fingerprint density at radius 2 is 2.36 bits per heavy atom. The molecular weight excluding hydrogens is 206 g/mol. The molecule has 0 bridgehead atoms. The smallest absolute Gasteiger partial charge is 0.330 e. The number of nitrogens with one attached hydrogen (secondary N) is 1. The summed E-state index contributed by atoms with van der Waals surface area (Å²) in [7, 11) is 1.40. The molecule has 0 aromatic rings. The van der Waals surface area contributed by atoms with E-state index in [-0.39, 0.29) is 12.5 Å². The molecule has 14 heavy (non-hydrogen) atoms. The van der Waals surface area contributed by atoms with Gasteiger partial charge in [0.05, 0.1) is 0 Å². The molecule has 1 rings (SSSR count). The van der Waals surface area contributed by atoms with Crippen molar-refractivity contribution >= 4 is 23.6 Å². The average molecular weight is 219 g/mol. The Balaban J connectivity index is 2.60. The zero-order valence-corrected chi connectivity index (χ0v) is 8.73. The predicted molar refractivity (Wildman–Crippen MR) is 52.3 cm³/mol. The zero-order chi connectivity index (χ0) is 10.6. The van der Waals surface area contributed by atoms with Crippen LogP contribution < -0.4 is 5.32 Å². The minimum Gasteiger partial charge on any atom is -0.479 e. The highest BCUT2D eigenvalue weighted by Crippen LogP contribution is 2.28. The molecule has 1 amide bonds. The van der Waals surface area contributed by atoms with Crippen LogP contribution >= 0.6 is 11.8 Å². The number of amides is 1. The lowest BCUT2D eigenvalue weighted by Gasteiger charge is -2.24. The summed E-state index contributed by atoms with van der Waals surface area (Å²) in [4.78, 5) is 22.2. The van der Waals surface area contributed by atoms with Crippen molar-refractivity contribution < 1.29 is 19.4 Å². The molecule has 1 atom stereocenters. The minimum absolute atomic E-state index is 0.0975. The second kappa shape index (κ2) is 4.65. The molecule has 1 fully saturated rings. The fourth-order valence-electron chi connectivity index (χ4n) is 1.32. The van der Waals surface area contributed by atoms with E-state index in [4.69, 9.17) is 5.11 Å². The van der Waals surface area contributed by atoms with Gasteiger partial charge >= 0.3 is 5.97 Å². The number of rotatable bonds is 4. The van der Waals surface area contributed by atoms with Gasteiger partial charge in [-0.3, -0.25) is 4.79 Å². The van der Waals surface area contributed by atoms with Crippen molar-refractivity contribution in [3.63, 3.8) is 0 Å². The first kappa shape index (κ1) is 11.3. The summed E-state index contributed by atoms with van der Waals surface area (Å²) in [5, 5.41) is 11.5. The molecule has 0 aromatic heterocycles. The first-order chi connectivity index (χ1) is 6.60. The average Bonchev–Trinajstić information content (AvgIpc) is 2.54. The van der Waals surface area contributed by atoms with Crippen LogP contribution in [0.15, 0.2) is 0 Å². The van der Waals surface area contributed by atoms with Gasteiger partial charge in [0, 0.05) is 12.9 Å². The Morgan fingerprint density at radius 1 is 1.64 bits per heavy atom. The summed E-state index contributed by atoms with van der Waals surface area (Å²) in [6.45, 7) is -0.0975.